The highest BCUT2D eigenvalue weighted by molar-refractivity contribution is 9.11. The van der Waals surface area contributed by atoms with Gasteiger partial charge in [0.05, 0.1) is 3.79 Å². The average Bonchev–Trinajstić information content (AvgIpc) is 3.27. The van der Waals surface area contributed by atoms with Gasteiger partial charge in [0.15, 0.2) is 0 Å². The zero-order valence-electron chi connectivity index (χ0n) is 12.9. The summed E-state index contributed by atoms with van der Waals surface area (Å²) in [5, 5.41) is 0. The number of halogens is 1. The van der Waals surface area contributed by atoms with Gasteiger partial charge < -0.3 is 0 Å². The van der Waals surface area contributed by atoms with Gasteiger partial charge in [-0.1, -0.05) is 0 Å². The standard InChI is InChI=1S/C19H17BrS3/c1-10-2-7-13(21-10)14-8-9-15(22-14)18-16-11-3-5-12(6-4-11)17(16)19(20)23-18/h2,7-9,11-12H,3-6H2,1H3. The van der Waals surface area contributed by atoms with Crippen LogP contribution in [-0.2, 0) is 0 Å². The molecule has 2 bridgehead atoms. The van der Waals surface area contributed by atoms with E-state index in [9.17, 15) is 0 Å². The van der Waals surface area contributed by atoms with Gasteiger partial charge in [-0.3, -0.25) is 0 Å². The maximum atomic E-state index is 3.88. The molecule has 0 nitrogen and oxygen atoms in total. The average molecular weight is 421 g/mol. The van der Waals surface area contributed by atoms with Crippen LogP contribution in [0, 0.1) is 6.92 Å². The lowest BCUT2D eigenvalue weighted by Crippen LogP contribution is -2.20. The normalized spacial score (nSPS) is 22.5. The first kappa shape index (κ1) is 14.9. The van der Waals surface area contributed by atoms with Gasteiger partial charge in [-0.2, -0.15) is 0 Å². The zero-order chi connectivity index (χ0) is 15.6. The molecule has 0 atom stereocenters. The van der Waals surface area contributed by atoms with E-state index in [1.807, 2.05) is 34.0 Å². The molecular formula is C19H17BrS3. The van der Waals surface area contributed by atoms with E-state index in [0.717, 1.165) is 11.8 Å². The summed E-state index contributed by atoms with van der Waals surface area (Å²) in [6.45, 7) is 2.19. The molecule has 0 saturated heterocycles. The molecule has 0 aromatic carbocycles. The van der Waals surface area contributed by atoms with Crippen LogP contribution in [0.2, 0.25) is 0 Å². The van der Waals surface area contributed by atoms with Crippen molar-refractivity contribution in [2.75, 3.05) is 0 Å². The third kappa shape index (κ3) is 2.33. The maximum absolute atomic E-state index is 3.88. The van der Waals surface area contributed by atoms with Crippen molar-refractivity contribution in [1.29, 1.82) is 0 Å². The highest BCUT2D eigenvalue weighted by atomic mass is 79.9. The van der Waals surface area contributed by atoms with Gasteiger partial charge in [-0.05, 0) is 95.8 Å². The molecule has 0 N–H and O–H groups in total. The first-order chi connectivity index (χ1) is 11.2. The summed E-state index contributed by atoms with van der Waals surface area (Å²) in [6.07, 6.45) is 5.60. The van der Waals surface area contributed by atoms with E-state index in [1.54, 1.807) is 16.0 Å². The van der Waals surface area contributed by atoms with Crippen LogP contribution < -0.4 is 0 Å². The van der Waals surface area contributed by atoms with Crippen LogP contribution in [0.15, 0.2) is 28.1 Å². The van der Waals surface area contributed by atoms with E-state index in [0.29, 0.717) is 0 Å². The summed E-state index contributed by atoms with van der Waals surface area (Å²) in [6, 6.07) is 9.14. The lowest BCUT2D eigenvalue weighted by atomic mass is 9.68. The van der Waals surface area contributed by atoms with E-state index >= 15 is 0 Å². The minimum atomic E-state index is 0.807. The summed E-state index contributed by atoms with van der Waals surface area (Å²) in [4.78, 5) is 7.22. The van der Waals surface area contributed by atoms with Crippen LogP contribution in [-0.4, -0.2) is 0 Å². The van der Waals surface area contributed by atoms with E-state index in [4.69, 9.17) is 0 Å². The number of hydrogen-bond acceptors (Lipinski definition) is 3. The Morgan fingerprint density at radius 3 is 2.09 bits per heavy atom. The lowest BCUT2D eigenvalue weighted by Gasteiger charge is -2.37. The molecule has 0 unspecified atom stereocenters. The molecule has 3 aliphatic rings. The summed E-state index contributed by atoms with van der Waals surface area (Å²) in [5.74, 6) is 1.62. The highest BCUT2D eigenvalue weighted by Crippen LogP contribution is 2.58. The topological polar surface area (TPSA) is 0 Å². The molecule has 0 aliphatic heterocycles. The molecule has 1 saturated carbocycles. The highest BCUT2D eigenvalue weighted by Gasteiger charge is 2.38. The molecule has 0 amide bonds. The Kier molecular flexibility index (Phi) is 3.59. The molecule has 0 spiro atoms. The Balaban J connectivity index is 1.61. The van der Waals surface area contributed by atoms with Crippen molar-refractivity contribution in [2.24, 2.45) is 0 Å². The smallest absolute Gasteiger partial charge is 0.0743 e. The SMILES string of the molecule is Cc1ccc(-c2ccc(-c3sc(Br)c4c3C3CCC4CC3)s2)s1. The summed E-state index contributed by atoms with van der Waals surface area (Å²) < 4.78 is 1.40. The first-order valence-corrected chi connectivity index (χ1v) is 11.4. The van der Waals surface area contributed by atoms with Crippen molar-refractivity contribution in [3.63, 3.8) is 0 Å². The molecule has 3 aromatic rings. The van der Waals surface area contributed by atoms with Crippen LogP contribution in [0.25, 0.3) is 19.5 Å². The summed E-state index contributed by atoms with van der Waals surface area (Å²) >= 11 is 9.72. The molecule has 4 heteroatoms. The number of hydrogen-bond donors (Lipinski definition) is 0. The number of aryl methyl sites for hydroxylation is 1. The van der Waals surface area contributed by atoms with Crippen LogP contribution in [0.3, 0.4) is 0 Å². The predicted octanol–water partition coefficient (Wildman–Crippen LogP) is 8.03. The van der Waals surface area contributed by atoms with Crippen LogP contribution in [0.4, 0.5) is 0 Å². The van der Waals surface area contributed by atoms with Gasteiger partial charge in [0.1, 0.15) is 0 Å². The van der Waals surface area contributed by atoms with Gasteiger partial charge in [0.25, 0.3) is 0 Å². The molecule has 3 heterocycles. The van der Waals surface area contributed by atoms with Crippen LogP contribution in [0.1, 0.15) is 53.5 Å². The van der Waals surface area contributed by atoms with Crippen molar-refractivity contribution in [3.8, 4) is 19.5 Å². The Bertz CT molecular complexity index is 874. The third-order valence-electron chi connectivity index (χ3n) is 5.29. The molecular weight excluding hydrogens is 404 g/mol. The Labute approximate surface area is 157 Å². The minimum Gasteiger partial charge on any atom is -0.140 e. The molecule has 118 valence electrons. The Morgan fingerprint density at radius 1 is 0.783 bits per heavy atom. The zero-order valence-corrected chi connectivity index (χ0v) is 16.9. The fraction of sp³-hybridized carbons (Fsp3) is 0.368. The Morgan fingerprint density at radius 2 is 1.39 bits per heavy atom. The van der Waals surface area contributed by atoms with E-state index < -0.39 is 0 Å². The Hall–Kier alpha value is -0.420. The van der Waals surface area contributed by atoms with Crippen molar-refractivity contribution in [3.05, 3.63) is 44.1 Å². The van der Waals surface area contributed by atoms with Gasteiger partial charge in [0.2, 0.25) is 0 Å². The van der Waals surface area contributed by atoms with Gasteiger partial charge in [-0.15, -0.1) is 34.0 Å². The minimum absolute atomic E-state index is 0.807. The maximum Gasteiger partial charge on any atom is 0.0743 e. The quantitative estimate of drug-likeness (QED) is 0.393. The van der Waals surface area contributed by atoms with Crippen molar-refractivity contribution in [2.45, 2.75) is 44.4 Å². The predicted molar refractivity (Wildman–Crippen MR) is 107 cm³/mol. The van der Waals surface area contributed by atoms with Crippen molar-refractivity contribution >= 4 is 49.9 Å². The van der Waals surface area contributed by atoms with E-state index in [1.165, 1.54) is 49.0 Å². The molecule has 23 heavy (non-hydrogen) atoms. The van der Waals surface area contributed by atoms with E-state index in [-0.39, 0.29) is 0 Å². The van der Waals surface area contributed by atoms with Gasteiger partial charge in [-0.25, -0.2) is 0 Å². The van der Waals surface area contributed by atoms with Gasteiger partial charge in [0, 0.05) is 24.4 Å². The van der Waals surface area contributed by atoms with Crippen molar-refractivity contribution in [1.82, 2.24) is 0 Å². The number of thiophene rings is 3. The second-order valence-corrected chi connectivity index (χ2v) is 11.4. The lowest BCUT2D eigenvalue weighted by molar-refractivity contribution is 0.360. The number of rotatable bonds is 2. The molecule has 0 radical (unpaired) electrons. The van der Waals surface area contributed by atoms with Crippen molar-refractivity contribution < 1.29 is 0 Å². The first-order valence-electron chi connectivity index (χ1n) is 8.20. The summed E-state index contributed by atoms with van der Waals surface area (Å²) in [5.41, 5.74) is 3.36. The molecule has 3 aliphatic carbocycles. The monoisotopic (exact) mass is 420 g/mol. The van der Waals surface area contributed by atoms with Crippen LogP contribution in [0.5, 0.6) is 0 Å². The van der Waals surface area contributed by atoms with Gasteiger partial charge >= 0.3 is 0 Å². The fourth-order valence-corrected chi connectivity index (χ4v) is 8.54. The molecule has 1 fully saturated rings. The molecule has 6 rings (SSSR count). The fourth-order valence-electron chi connectivity index (χ4n) is 4.23. The van der Waals surface area contributed by atoms with E-state index in [2.05, 4.69) is 47.1 Å². The second-order valence-electron chi connectivity index (χ2n) is 6.65. The largest absolute Gasteiger partial charge is 0.140 e. The third-order valence-corrected chi connectivity index (χ3v) is 9.68. The summed E-state index contributed by atoms with van der Waals surface area (Å²) in [7, 11) is 0. The van der Waals surface area contributed by atoms with Crippen LogP contribution >= 0.6 is 49.9 Å². The second kappa shape index (κ2) is 5.55. The number of fused-ring (bicyclic) bond motifs is 2. The molecule has 3 aromatic heterocycles.